The van der Waals surface area contributed by atoms with Gasteiger partial charge in [-0.2, -0.15) is 0 Å². The molecule has 102 valence electrons. The number of carbonyl (C=O) groups is 1. The van der Waals surface area contributed by atoms with Crippen molar-refractivity contribution >= 4 is 5.97 Å². The SMILES string of the molecule is CCOC(=O)C(N)CCN(C)C(C)C(C)(C)C. The number of hydrogen-bond acceptors (Lipinski definition) is 4. The number of nitrogens with two attached hydrogens (primary N) is 1. The van der Waals surface area contributed by atoms with Gasteiger partial charge in [0.15, 0.2) is 0 Å². The number of rotatable bonds is 6. The molecule has 0 aliphatic heterocycles. The smallest absolute Gasteiger partial charge is 0.322 e. The van der Waals surface area contributed by atoms with Crippen molar-refractivity contribution in [3.05, 3.63) is 0 Å². The van der Waals surface area contributed by atoms with Crippen LogP contribution in [-0.4, -0.2) is 43.2 Å². The van der Waals surface area contributed by atoms with Crippen molar-refractivity contribution < 1.29 is 9.53 Å². The van der Waals surface area contributed by atoms with Gasteiger partial charge in [-0.15, -0.1) is 0 Å². The Kier molecular flexibility index (Phi) is 6.72. The maximum Gasteiger partial charge on any atom is 0.322 e. The Hall–Kier alpha value is -0.610. The van der Waals surface area contributed by atoms with Gasteiger partial charge >= 0.3 is 5.97 Å². The highest BCUT2D eigenvalue weighted by Crippen LogP contribution is 2.22. The molecule has 0 saturated carbocycles. The fraction of sp³-hybridized carbons (Fsp3) is 0.923. The first kappa shape index (κ1) is 16.4. The van der Waals surface area contributed by atoms with Crippen LogP contribution in [0.3, 0.4) is 0 Å². The quantitative estimate of drug-likeness (QED) is 0.722. The van der Waals surface area contributed by atoms with E-state index in [-0.39, 0.29) is 11.4 Å². The fourth-order valence-electron chi connectivity index (χ4n) is 1.56. The van der Waals surface area contributed by atoms with E-state index < -0.39 is 6.04 Å². The van der Waals surface area contributed by atoms with Crippen LogP contribution in [0.15, 0.2) is 0 Å². The van der Waals surface area contributed by atoms with Gasteiger partial charge in [0, 0.05) is 12.6 Å². The van der Waals surface area contributed by atoms with Gasteiger partial charge in [-0.1, -0.05) is 20.8 Å². The molecule has 0 radical (unpaired) electrons. The lowest BCUT2D eigenvalue weighted by molar-refractivity contribution is -0.144. The molecule has 0 heterocycles. The molecule has 0 bridgehead atoms. The van der Waals surface area contributed by atoms with E-state index in [9.17, 15) is 4.79 Å². The molecule has 2 atom stereocenters. The van der Waals surface area contributed by atoms with E-state index in [1.54, 1.807) is 6.92 Å². The van der Waals surface area contributed by atoms with Gasteiger partial charge in [0.2, 0.25) is 0 Å². The number of carbonyl (C=O) groups excluding carboxylic acids is 1. The summed E-state index contributed by atoms with van der Waals surface area (Å²) < 4.78 is 4.88. The van der Waals surface area contributed by atoms with E-state index in [1.165, 1.54) is 0 Å². The van der Waals surface area contributed by atoms with Crippen molar-refractivity contribution in [2.45, 2.75) is 53.1 Å². The molecular weight excluding hydrogens is 216 g/mol. The van der Waals surface area contributed by atoms with Crippen LogP contribution in [0.25, 0.3) is 0 Å². The van der Waals surface area contributed by atoms with Crippen molar-refractivity contribution in [1.82, 2.24) is 4.90 Å². The first-order valence-corrected chi connectivity index (χ1v) is 6.32. The van der Waals surface area contributed by atoms with Crippen LogP contribution >= 0.6 is 0 Å². The number of nitrogens with zero attached hydrogens (tertiary/aromatic N) is 1. The highest BCUT2D eigenvalue weighted by Gasteiger charge is 2.24. The summed E-state index contributed by atoms with van der Waals surface area (Å²) in [6, 6.07) is -0.0681. The summed E-state index contributed by atoms with van der Waals surface area (Å²) in [5.41, 5.74) is 5.98. The van der Waals surface area contributed by atoms with E-state index >= 15 is 0 Å². The van der Waals surface area contributed by atoms with Crippen molar-refractivity contribution in [3.63, 3.8) is 0 Å². The lowest BCUT2D eigenvalue weighted by Gasteiger charge is -2.35. The van der Waals surface area contributed by atoms with Crippen LogP contribution in [0.5, 0.6) is 0 Å². The number of ether oxygens (including phenoxy) is 1. The second-order valence-corrected chi connectivity index (χ2v) is 5.67. The van der Waals surface area contributed by atoms with Crippen LogP contribution in [0.1, 0.15) is 41.0 Å². The zero-order valence-corrected chi connectivity index (χ0v) is 12.1. The maximum atomic E-state index is 11.4. The zero-order chi connectivity index (χ0) is 13.6. The van der Waals surface area contributed by atoms with E-state index in [4.69, 9.17) is 10.5 Å². The predicted octanol–water partition coefficient (Wildman–Crippen LogP) is 1.63. The van der Waals surface area contributed by atoms with E-state index in [2.05, 4.69) is 39.6 Å². The third-order valence-corrected chi connectivity index (χ3v) is 3.30. The molecule has 4 heteroatoms. The second-order valence-electron chi connectivity index (χ2n) is 5.67. The first-order chi connectivity index (χ1) is 7.70. The minimum absolute atomic E-state index is 0.225. The topological polar surface area (TPSA) is 55.6 Å². The molecule has 0 aromatic heterocycles. The molecule has 0 amide bonds. The highest BCUT2D eigenvalue weighted by atomic mass is 16.5. The summed E-state index contributed by atoms with van der Waals surface area (Å²) in [6.07, 6.45) is 0.635. The number of esters is 1. The molecule has 0 aliphatic carbocycles. The molecule has 0 fully saturated rings. The van der Waals surface area contributed by atoms with Crippen LogP contribution < -0.4 is 5.73 Å². The Morgan fingerprint density at radius 1 is 1.41 bits per heavy atom. The van der Waals surface area contributed by atoms with Crippen LogP contribution in [0.2, 0.25) is 0 Å². The third-order valence-electron chi connectivity index (χ3n) is 3.30. The Labute approximate surface area is 105 Å². The van der Waals surface area contributed by atoms with Gasteiger partial charge in [0.1, 0.15) is 6.04 Å². The molecule has 2 unspecified atom stereocenters. The largest absolute Gasteiger partial charge is 0.465 e. The fourth-order valence-corrected chi connectivity index (χ4v) is 1.56. The van der Waals surface area contributed by atoms with Gasteiger partial charge in [-0.3, -0.25) is 4.79 Å². The van der Waals surface area contributed by atoms with Crippen LogP contribution in [-0.2, 0) is 9.53 Å². The molecule has 0 rings (SSSR count). The Balaban J connectivity index is 4.07. The minimum atomic E-state index is -0.510. The van der Waals surface area contributed by atoms with Crippen molar-refractivity contribution in [2.75, 3.05) is 20.2 Å². The average Bonchev–Trinajstić information content (AvgIpc) is 2.23. The molecule has 0 spiro atoms. The minimum Gasteiger partial charge on any atom is -0.465 e. The van der Waals surface area contributed by atoms with Crippen LogP contribution in [0, 0.1) is 5.41 Å². The normalized spacial score (nSPS) is 15.8. The molecule has 0 saturated heterocycles. The van der Waals surface area contributed by atoms with E-state index in [1.807, 2.05) is 0 Å². The standard InChI is InChI=1S/C13H28N2O2/c1-7-17-12(16)11(14)8-9-15(6)10(2)13(3,4)5/h10-11H,7-9,14H2,1-6H3. The molecule has 2 N–H and O–H groups in total. The average molecular weight is 244 g/mol. The Bertz CT molecular complexity index is 236. The third kappa shape index (κ3) is 6.03. The van der Waals surface area contributed by atoms with Crippen LogP contribution in [0.4, 0.5) is 0 Å². The maximum absolute atomic E-state index is 11.4. The molecule has 0 aromatic rings. The van der Waals surface area contributed by atoms with Crippen molar-refractivity contribution in [1.29, 1.82) is 0 Å². The highest BCUT2D eigenvalue weighted by molar-refractivity contribution is 5.75. The first-order valence-electron chi connectivity index (χ1n) is 6.32. The summed E-state index contributed by atoms with van der Waals surface area (Å²) in [6.45, 7) is 11.8. The molecule has 0 aromatic carbocycles. The molecule has 17 heavy (non-hydrogen) atoms. The van der Waals surface area contributed by atoms with Crippen molar-refractivity contribution in [2.24, 2.45) is 11.1 Å². The lowest BCUT2D eigenvalue weighted by atomic mass is 9.87. The molecule has 4 nitrogen and oxygen atoms in total. The van der Waals surface area contributed by atoms with E-state index in [0.717, 1.165) is 6.54 Å². The summed E-state index contributed by atoms with van der Waals surface area (Å²) in [5, 5.41) is 0. The van der Waals surface area contributed by atoms with Gasteiger partial charge < -0.3 is 15.4 Å². The molecule has 0 aliphatic rings. The van der Waals surface area contributed by atoms with Crippen molar-refractivity contribution in [3.8, 4) is 0 Å². The van der Waals surface area contributed by atoms with Gasteiger partial charge in [-0.25, -0.2) is 0 Å². The monoisotopic (exact) mass is 244 g/mol. The van der Waals surface area contributed by atoms with Gasteiger partial charge in [0.25, 0.3) is 0 Å². The Morgan fingerprint density at radius 3 is 2.35 bits per heavy atom. The second kappa shape index (κ2) is 6.97. The van der Waals surface area contributed by atoms with E-state index in [0.29, 0.717) is 19.1 Å². The summed E-state index contributed by atoms with van der Waals surface area (Å²) in [4.78, 5) is 13.6. The molecular formula is C13H28N2O2. The predicted molar refractivity (Wildman–Crippen MR) is 70.8 cm³/mol. The van der Waals surface area contributed by atoms with Gasteiger partial charge in [-0.05, 0) is 32.7 Å². The van der Waals surface area contributed by atoms with Gasteiger partial charge in [0.05, 0.1) is 6.61 Å². The summed E-state index contributed by atoms with van der Waals surface area (Å²) >= 11 is 0. The lowest BCUT2D eigenvalue weighted by Crippen LogP contribution is -2.42. The summed E-state index contributed by atoms with van der Waals surface area (Å²) in [7, 11) is 2.06. The zero-order valence-electron chi connectivity index (χ0n) is 12.1. The number of hydrogen-bond donors (Lipinski definition) is 1. The summed E-state index contributed by atoms with van der Waals surface area (Å²) in [5.74, 6) is -0.302. The Morgan fingerprint density at radius 2 is 1.94 bits per heavy atom.